The number of urea groups is 1. The molecule has 0 radical (unpaired) electrons. The number of rotatable bonds is 8. The fourth-order valence-corrected chi connectivity index (χ4v) is 2.94. The van der Waals surface area contributed by atoms with Crippen molar-refractivity contribution >= 4 is 29.5 Å². The largest absolute Gasteiger partial charge is 0.481 e. The number of carbonyl (C=O) groups is 4. The molecule has 4 amide bonds. The Balaban J connectivity index is 1.70. The summed E-state index contributed by atoms with van der Waals surface area (Å²) in [5.41, 5.74) is 0.843. The van der Waals surface area contributed by atoms with Gasteiger partial charge in [0.05, 0.1) is 13.0 Å². The van der Waals surface area contributed by atoms with Crippen molar-refractivity contribution in [3.63, 3.8) is 0 Å². The van der Waals surface area contributed by atoms with Crippen LogP contribution in [0.5, 0.6) is 0 Å². The summed E-state index contributed by atoms with van der Waals surface area (Å²) in [4.78, 5) is 46.1. The molecule has 1 saturated carbocycles. The zero-order valence-corrected chi connectivity index (χ0v) is 15.6. The number of hydrogen-bond donors (Lipinski definition) is 5. The Morgan fingerprint density at radius 1 is 0.964 bits per heavy atom. The fraction of sp³-hybridized carbons (Fsp3) is 0.474. The van der Waals surface area contributed by atoms with Gasteiger partial charge in [0.1, 0.15) is 0 Å². The number of nitrogens with one attached hydrogen (secondary N) is 4. The Labute approximate surface area is 163 Å². The lowest BCUT2D eigenvalue weighted by Crippen LogP contribution is -2.45. The molecule has 152 valence electrons. The van der Waals surface area contributed by atoms with Gasteiger partial charge in [-0.1, -0.05) is 19.3 Å². The highest BCUT2D eigenvalue weighted by Crippen LogP contribution is 2.17. The van der Waals surface area contributed by atoms with Gasteiger partial charge in [-0.25, -0.2) is 4.79 Å². The number of anilines is 1. The van der Waals surface area contributed by atoms with Crippen molar-refractivity contribution in [1.29, 1.82) is 0 Å². The summed E-state index contributed by atoms with van der Waals surface area (Å²) in [6.07, 6.45) is 5.20. The van der Waals surface area contributed by atoms with Gasteiger partial charge in [-0.15, -0.1) is 0 Å². The maximum Gasteiger partial charge on any atom is 0.315 e. The minimum absolute atomic E-state index is 0.0429. The van der Waals surface area contributed by atoms with Crippen LogP contribution in [0.25, 0.3) is 0 Å². The molecule has 0 aliphatic heterocycles. The monoisotopic (exact) mass is 390 g/mol. The van der Waals surface area contributed by atoms with Crippen molar-refractivity contribution in [2.75, 3.05) is 18.4 Å². The number of amides is 4. The second-order valence-electron chi connectivity index (χ2n) is 6.69. The van der Waals surface area contributed by atoms with Crippen LogP contribution in [0, 0.1) is 0 Å². The first-order chi connectivity index (χ1) is 13.4. The molecule has 1 aromatic carbocycles. The SMILES string of the molecule is O=C(O)CCNC(=O)c1ccc(NC(=O)CNC(=O)NC2CCCCC2)cc1. The molecule has 0 spiro atoms. The van der Waals surface area contributed by atoms with E-state index in [1.165, 1.54) is 18.6 Å². The van der Waals surface area contributed by atoms with Crippen molar-refractivity contribution in [2.45, 2.75) is 44.6 Å². The normalized spacial score (nSPS) is 14.0. The molecule has 9 nitrogen and oxygen atoms in total. The Bertz CT molecular complexity index is 699. The first-order valence-corrected chi connectivity index (χ1v) is 9.38. The molecule has 0 unspecified atom stereocenters. The second kappa shape index (κ2) is 10.9. The first kappa shape index (κ1) is 21.2. The lowest BCUT2D eigenvalue weighted by molar-refractivity contribution is -0.136. The van der Waals surface area contributed by atoms with Crippen LogP contribution < -0.4 is 21.3 Å². The summed E-state index contributed by atoms with van der Waals surface area (Å²) in [6.45, 7) is -0.114. The Kier molecular flexibility index (Phi) is 8.26. The van der Waals surface area contributed by atoms with Crippen LogP contribution in [0.3, 0.4) is 0 Å². The van der Waals surface area contributed by atoms with E-state index in [9.17, 15) is 19.2 Å². The van der Waals surface area contributed by atoms with Crippen molar-refractivity contribution in [1.82, 2.24) is 16.0 Å². The highest BCUT2D eigenvalue weighted by atomic mass is 16.4. The maximum atomic E-state index is 11.9. The van der Waals surface area contributed by atoms with Gasteiger partial charge in [0.2, 0.25) is 5.91 Å². The molecule has 0 aromatic heterocycles. The number of carboxylic acid groups (broad SMARTS) is 1. The van der Waals surface area contributed by atoms with E-state index in [4.69, 9.17) is 5.11 Å². The predicted molar refractivity (Wildman–Crippen MR) is 103 cm³/mol. The van der Waals surface area contributed by atoms with Crippen molar-refractivity contribution < 1.29 is 24.3 Å². The molecule has 5 N–H and O–H groups in total. The number of carboxylic acids is 1. The molecule has 1 fully saturated rings. The zero-order valence-electron chi connectivity index (χ0n) is 15.6. The molecular formula is C19H26N4O5. The zero-order chi connectivity index (χ0) is 20.4. The quantitative estimate of drug-likeness (QED) is 0.458. The highest BCUT2D eigenvalue weighted by molar-refractivity contribution is 5.97. The van der Waals surface area contributed by atoms with Gasteiger partial charge < -0.3 is 26.4 Å². The number of hydrogen-bond acceptors (Lipinski definition) is 4. The van der Waals surface area contributed by atoms with E-state index >= 15 is 0 Å². The van der Waals surface area contributed by atoms with Crippen LogP contribution in [0.4, 0.5) is 10.5 Å². The van der Waals surface area contributed by atoms with E-state index in [0.717, 1.165) is 25.7 Å². The van der Waals surface area contributed by atoms with E-state index in [1.807, 2.05) is 0 Å². The van der Waals surface area contributed by atoms with Crippen molar-refractivity contribution in [3.05, 3.63) is 29.8 Å². The third-order valence-corrected chi connectivity index (χ3v) is 4.41. The molecule has 9 heteroatoms. The van der Waals surface area contributed by atoms with Gasteiger partial charge >= 0.3 is 12.0 Å². The molecule has 0 saturated heterocycles. The molecule has 2 rings (SSSR count). The topological polar surface area (TPSA) is 137 Å². The van der Waals surface area contributed by atoms with Gasteiger partial charge in [0.25, 0.3) is 5.91 Å². The lowest BCUT2D eigenvalue weighted by Gasteiger charge is -2.22. The molecule has 1 aliphatic rings. The highest BCUT2D eigenvalue weighted by Gasteiger charge is 2.16. The molecule has 0 atom stereocenters. The van der Waals surface area contributed by atoms with Gasteiger partial charge in [0, 0.05) is 23.8 Å². The van der Waals surface area contributed by atoms with Gasteiger partial charge in [0.15, 0.2) is 0 Å². The van der Waals surface area contributed by atoms with Gasteiger partial charge in [-0.2, -0.15) is 0 Å². The van der Waals surface area contributed by atoms with Crippen LogP contribution in [0.1, 0.15) is 48.9 Å². The molecule has 1 aromatic rings. The summed E-state index contributed by atoms with van der Waals surface area (Å²) in [5, 5.41) is 19.1. The summed E-state index contributed by atoms with van der Waals surface area (Å²) in [6, 6.07) is 5.99. The number of carbonyl (C=O) groups excluding carboxylic acids is 3. The number of aliphatic carboxylic acids is 1. The minimum atomic E-state index is -0.987. The summed E-state index contributed by atoms with van der Waals surface area (Å²) in [7, 11) is 0. The second-order valence-corrected chi connectivity index (χ2v) is 6.69. The molecule has 1 aliphatic carbocycles. The molecule has 0 heterocycles. The van der Waals surface area contributed by atoms with E-state index in [1.54, 1.807) is 12.1 Å². The van der Waals surface area contributed by atoms with Crippen LogP contribution in [0.2, 0.25) is 0 Å². The van der Waals surface area contributed by atoms with E-state index in [-0.39, 0.29) is 43.4 Å². The van der Waals surface area contributed by atoms with Crippen molar-refractivity contribution in [3.8, 4) is 0 Å². The van der Waals surface area contributed by atoms with Crippen molar-refractivity contribution in [2.24, 2.45) is 0 Å². The third kappa shape index (κ3) is 7.65. The van der Waals surface area contributed by atoms with Crippen LogP contribution in [-0.4, -0.2) is 48.1 Å². The molecule has 28 heavy (non-hydrogen) atoms. The smallest absolute Gasteiger partial charge is 0.315 e. The Morgan fingerprint density at radius 3 is 2.29 bits per heavy atom. The van der Waals surface area contributed by atoms with Crippen LogP contribution >= 0.6 is 0 Å². The lowest BCUT2D eigenvalue weighted by atomic mass is 9.96. The Hall–Kier alpha value is -3.10. The van der Waals surface area contributed by atoms with E-state index < -0.39 is 5.97 Å². The van der Waals surface area contributed by atoms with Gasteiger partial charge in [-0.05, 0) is 37.1 Å². The third-order valence-electron chi connectivity index (χ3n) is 4.41. The summed E-state index contributed by atoms with van der Waals surface area (Å²) < 4.78 is 0. The van der Waals surface area contributed by atoms with Gasteiger partial charge in [-0.3, -0.25) is 14.4 Å². The predicted octanol–water partition coefficient (Wildman–Crippen LogP) is 1.46. The van der Waals surface area contributed by atoms with E-state index in [2.05, 4.69) is 21.3 Å². The maximum absolute atomic E-state index is 11.9. The van der Waals surface area contributed by atoms with Crippen LogP contribution in [-0.2, 0) is 9.59 Å². The molecular weight excluding hydrogens is 364 g/mol. The minimum Gasteiger partial charge on any atom is -0.481 e. The summed E-state index contributed by atoms with van der Waals surface area (Å²) >= 11 is 0. The Morgan fingerprint density at radius 2 is 1.64 bits per heavy atom. The summed E-state index contributed by atoms with van der Waals surface area (Å²) in [5.74, 6) is -1.75. The van der Waals surface area contributed by atoms with Crippen LogP contribution in [0.15, 0.2) is 24.3 Å². The average molecular weight is 390 g/mol. The molecule has 0 bridgehead atoms. The number of benzene rings is 1. The fourth-order valence-electron chi connectivity index (χ4n) is 2.94. The standard InChI is InChI=1S/C19H26N4O5/c24-16(12-21-19(28)23-14-4-2-1-3-5-14)22-15-8-6-13(7-9-15)18(27)20-11-10-17(25)26/h6-9,14H,1-5,10-12H2,(H,20,27)(H,22,24)(H,25,26)(H2,21,23,28). The first-order valence-electron chi connectivity index (χ1n) is 9.38. The van der Waals surface area contributed by atoms with E-state index in [0.29, 0.717) is 11.3 Å². The average Bonchev–Trinajstić information content (AvgIpc) is 2.67.